The number of benzene rings is 1. The van der Waals surface area contributed by atoms with Gasteiger partial charge in [-0.15, -0.1) is 0 Å². The predicted octanol–water partition coefficient (Wildman–Crippen LogP) is 1.31. The Hall–Kier alpha value is -1.84. The van der Waals surface area contributed by atoms with Crippen molar-refractivity contribution < 1.29 is 17.5 Å². The van der Waals surface area contributed by atoms with Gasteiger partial charge in [-0.1, -0.05) is 6.07 Å². The van der Waals surface area contributed by atoms with Crippen molar-refractivity contribution >= 4 is 10.0 Å². The molecule has 1 aromatic carbocycles. The number of H-pyrrole nitrogens is 1. The van der Waals surface area contributed by atoms with Crippen LogP contribution >= 0.6 is 0 Å². The van der Waals surface area contributed by atoms with Gasteiger partial charge in [0.1, 0.15) is 18.2 Å². The van der Waals surface area contributed by atoms with Crippen molar-refractivity contribution in [3.8, 4) is 0 Å². The first kappa shape index (κ1) is 16.0. The van der Waals surface area contributed by atoms with Crippen molar-refractivity contribution in [3.05, 3.63) is 41.7 Å². The molecule has 1 aromatic heterocycles. The van der Waals surface area contributed by atoms with E-state index in [1.165, 1.54) is 18.5 Å². The third-order valence-electron chi connectivity index (χ3n) is 3.89. The lowest BCUT2D eigenvalue weighted by atomic mass is 10.0. The second-order valence-electron chi connectivity index (χ2n) is 5.47. The maximum atomic E-state index is 13.3. The Morgan fingerprint density at radius 1 is 1.48 bits per heavy atom. The van der Waals surface area contributed by atoms with Crippen LogP contribution in [0.15, 0.2) is 29.4 Å². The van der Waals surface area contributed by atoms with Crippen molar-refractivity contribution in [2.75, 3.05) is 13.2 Å². The summed E-state index contributed by atoms with van der Waals surface area (Å²) in [5.74, 6) is -0.0695. The molecule has 2 heterocycles. The molecular weight excluding hydrogens is 323 g/mol. The molecule has 2 atom stereocenters. The molecule has 0 unspecified atom stereocenters. The van der Waals surface area contributed by atoms with Gasteiger partial charge in [0.2, 0.25) is 10.0 Å². The van der Waals surface area contributed by atoms with Gasteiger partial charge < -0.3 is 4.74 Å². The largest absolute Gasteiger partial charge is 0.370 e. The number of hydrogen-bond acceptors (Lipinski definition) is 5. The van der Waals surface area contributed by atoms with Gasteiger partial charge in [0.25, 0.3) is 0 Å². The number of hydrogen-bond donors (Lipinski definition) is 2. The zero-order valence-corrected chi connectivity index (χ0v) is 13.3. The van der Waals surface area contributed by atoms with Crippen LogP contribution in [0.2, 0.25) is 0 Å². The summed E-state index contributed by atoms with van der Waals surface area (Å²) in [7, 11) is -3.78. The van der Waals surface area contributed by atoms with E-state index in [-0.39, 0.29) is 23.5 Å². The molecule has 0 bridgehead atoms. The lowest BCUT2D eigenvalue weighted by Gasteiger charge is -2.17. The molecule has 9 heteroatoms. The first-order valence-corrected chi connectivity index (χ1v) is 8.68. The van der Waals surface area contributed by atoms with E-state index in [1.807, 2.05) is 0 Å². The summed E-state index contributed by atoms with van der Waals surface area (Å²) >= 11 is 0. The van der Waals surface area contributed by atoms with Crippen LogP contribution in [0.5, 0.6) is 0 Å². The number of rotatable bonds is 5. The Kier molecular flexibility index (Phi) is 4.42. The Morgan fingerprint density at radius 3 is 3.04 bits per heavy atom. The summed E-state index contributed by atoms with van der Waals surface area (Å²) in [6.45, 7) is 2.34. The fraction of sp³-hybridized carbons (Fsp3) is 0.429. The second kappa shape index (κ2) is 6.34. The summed E-state index contributed by atoms with van der Waals surface area (Å²) in [4.78, 5) is 4.01. The first-order chi connectivity index (χ1) is 11.0. The third kappa shape index (κ3) is 3.41. The number of nitrogens with one attached hydrogen (secondary N) is 2. The summed E-state index contributed by atoms with van der Waals surface area (Å²) in [5.41, 5.74) is 0.494. The molecule has 2 N–H and O–H groups in total. The molecule has 1 fully saturated rings. The van der Waals surface area contributed by atoms with Crippen LogP contribution in [0.3, 0.4) is 0 Å². The molecular formula is C14H17FN4O3S. The minimum atomic E-state index is -3.78. The smallest absolute Gasteiger partial charge is 0.240 e. The van der Waals surface area contributed by atoms with E-state index in [0.717, 1.165) is 6.07 Å². The van der Waals surface area contributed by atoms with Crippen LogP contribution in [0.4, 0.5) is 4.39 Å². The molecule has 2 aromatic rings. The van der Waals surface area contributed by atoms with E-state index >= 15 is 0 Å². The maximum absolute atomic E-state index is 13.3. The van der Waals surface area contributed by atoms with E-state index < -0.39 is 15.8 Å². The molecule has 23 heavy (non-hydrogen) atoms. The van der Waals surface area contributed by atoms with Crippen LogP contribution < -0.4 is 4.72 Å². The third-order valence-corrected chi connectivity index (χ3v) is 5.46. The first-order valence-electron chi connectivity index (χ1n) is 7.20. The Bertz CT molecular complexity index is 779. The molecule has 0 saturated carbocycles. The lowest BCUT2D eigenvalue weighted by Crippen LogP contribution is -2.31. The highest BCUT2D eigenvalue weighted by molar-refractivity contribution is 7.89. The number of ether oxygens (including phenoxy) is 1. The van der Waals surface area contributed by atoms with Gasteiger partial charge in [-0.2, -0.15) is 5.10 Å². The topological polar surface area (TPSA) is 97.0 Å². The van der Waals surface area contributed by atoms with Crippen LogP contribution in [-0.2, 0) is 14.8 Å². The van der Waals surface area contributed by atoms with Crippen molar-refractivity contribution in [1.82, 2.24) is 19.9 Å². The highest BCUT2D eigenvalue weighted by atomic mass is 32.2. The summed E-state index contributed by atoms with van der Waals surface area (Å²) in [5, 5.41) is 6.52. The van der Waals surface area contributed by atoms with E-state index in [9.17, 15) is 12.8 Å². The number of aryl methyl sites for hydroxylation is 1. The molecule has 0 radical (unpaired) electrons. The lowest BCUT2D eigenvalue weighted by molar-refractivity contribution is 0.0848. The number of nitrogens with zero attached hydrogens (tertiary/aromatic N) is 2. The number of halogens is 1. The number of sulfonamides is 1. The summed E-state index contributed by atoms with van der Waals surface area (Å²) in [6, 6.07) is 3.70. The molecule has 7 nitrogen and oxygen atoms in total. The van der Waals surface area contributed by atoms with Crippen molar-refractivity contribution in [3.63, 3.8) is 0 Å². The number of aromatic amines is 1. The fourth-order valence-electron chi connectivity index (χ4n) is 2.66. The van der Waals surface area contributed by atoms with Crippen LogP contribution in [0.1, 0.15) is 23.9 Å². The van der Waals surface area contributed by atoms with Gasteiger partial charge in [0.05, 0.1) is 4.90 Å². The normalized spacial score (nSPS) is 21.7. The van der Waals surface area contributed by atoms with Crippen molar-refractivity contribution in [1.29, 1.82) is 0 Å². The minimum absolute atomic E-state index is 0.0485. The van der Waals surface area contributed by atoms with Crippen molar-refractivity contribution in [2.24, 2.45) is 5.92 Å². The van der Waals surface area contributed by atoms with E-state index in [4.69, 9.17) is 4.74 Å². The molecule has 0 aliphatic carbocycles. The SMILES string of the molecule is Cc1ccc(F)cc1S(=O)(=O)NC[C@@H]1CCO[C@@H]1c1ncn[nH]1. The minimum Gasteiger partial charge on any atom is -0.370 e. The van der Waals surface area contributed by atoms with Crippen molar-refractivity contribution in [2.45, 2.75) is 24.3 Å². The molecule has 1 aliphatic heterocycles. The Balaban J connectivity index is 1.73. The Labute approximate surface area is 133 Å². The molecule has 0 amide bonds. The molecule has 3 rings (SSSR count). The highest BCUT2D eigenvalue weighted by Gasteiger charge is 2.33. The van der Waals surface area contributed by atoms with Crippen LogP contribution in [-0.4, -0.2) is 36.8 Å². The molecule has 1 saturated heterocycles. The summed E-state index contributed by atoms with van der Waals surface area (Å²) in [6.07, 6.45) is 1.76. The van der Waals surface area contributed by atoms with Gasteiger partial charge in [-0.05, 0) is 31.0 Å². The zero-order valence-electron chi connectivity index (χ0n) is 12.5. The Morgan fingerprint density at radius 2 is 2.30 bits per heavy atom. The number of aromatic nitrogens is 3. The van der Waals surface area contributed by atoms with Gasteiger partial charge >= 0.3 is 0 Å². The molecule has 124 valence electrons. The van der Waals surface area contributed by atoms with E-state index in [2.05, 4.69) is 19.9 Å². The second-order valence-corrected chi connectivity index (χ2v) is 7.21. The standard InChI is InChI=1S/C14H17FN4O3S/c1-9-2-3-11(15)6-12(9)23(20,21)18-7-10-4-5-22-13(10)14-16-8-17-19-14/h2-3,6,8,10,13,18H,4-5,7H2,1H3,(H,16,17,19)/t10-,13-/m0/s1. The van der Waals surface area contributed by atoms with Gasteiger partial charge in [-0.3, -0.25) is 5.10 Å². The van der Waals surface area contributed by atoms with Gasteiger partial charge in [0.15, 0.2) is 5.82 Å². The maximum Gasteiger partial charge on any atom is 0.240 e. The van der Waals surface area contributed by atoms with E-state index in [1.54, 1.807) is 6.92 Å². The fourth-order valence-corrected chi connectivity index (χ4v) is 4.00. The van der Waals surface area contributed by atoms with Gasteiger partial charge in [-0.25, -0.2) is 22.5 Å². The van der Waals surface area contributed by atoms with E-state index in [0.29, 0.717) is 24.4 Å². The van der Waals surface area contributed by atoms with Crippen LogP contribution in [0, 0.1) is 18.7 Å². The predicted molar refractivity (Wildman–Crippen MR) is 79.5 cm³/mol. The average Bonchev–Trinajstić information content (AvgIpc) is 3.17. The van der Waals surface area contributed by atoms with Crippen LogP contribution in [0.25, 0.3) is 0 Å². The molecule has 0 spiro atoms. The monoisotopic (exact) mass is 340 g/mol. The average molecular weight is 340 g/mol. The summed E-state index contributed by atoms with van der Waals surface area (Å²) < 4.78 is 46.3. The molecule has 1 aliphatic rings. The zero-order chi connectivity index (χ0) is 16.4. The van der Waals surface area contributed by atoms with Gasteiger partial charge in [0, 0.05) is 19.1 Å². The highest BCUT2D eigenvalue weighted by Crippen LogP contribution is 2.32. The quantitative estimate of drug-likeness (QED) is 0.855.